The molecular weight excluding hydrogens is 426 g/mol. The molecular formula is C29H46NO4+. The normalized spacial score (nSPS) is 20.1. The molecule has 1 fully saturated rings. The molecule has 0 aromatic carbocycles. The van der Waals surface area contributed by atoms with Crippen LogP contribution in [0.15, 0.2) is 72.9 Å². The van der Waals surface area contributed by atoms with Crippen LogP contribution >= 0.6 is 0 Å². The molecule has 1 N–H and O–H groups in total. The van der Waals surface area contributed by atoms with Crippen LogP contribution in [0.5, 0.6) is 0 Å². The third-order valence-corrected chi connectivity index (χ3v) is 4.93. The second-order valence-electron chi connectivity index (χ2n) is 9.51. The number of carbonyl (C=O) groups is 1. The van der Waals surface area contributed by atoms with Crippen molar-refractivity contribution in [3.8, 4) is 0 Å². The zero-order valence-electron chi connectivity index (χ0n) is 21.6. The molecule has 5 heteroatoms. The van der Waals surface area contributed by atoms with E-state index in [1.54, 1.807) is 0 Å². The lowest BCUT2D eigenvalue weighted by Gasteiger charge is -2.26. The number of ether oxygens (including phenoxy) is 2. The van der Waals surface area contributed by atoms with E-state index in [0.717, 1.165) is 38.5 Å². The number of aliphatic hydroxyl groups excluding tert-OH is 1. The number of hydrogen-bond acceptors (Lipinski definition) is 4. The standard InChI is InChI=1S/C29H46NO4/c1-5-6-7-8-9-10-11-12-13-14-15-16-17-18-19-20-21-22-23-28(32)34-29-27(33-29)24-26(31)25-30(2,3)4/h6-7,9-10,12-13,15-16,18-19,21-22,26-27,29,31H,5,8,11,14,17,20,23-25H2,1-4H3/q+1/b7-6-,10-9-,13-12-,16-15-,19-18-,22-21-. The van der Waals surface area contributed by atoms with Gasteiger partial charge in [0.15, 0.2) is 0 Å². The molecule has 3 atom stereocenters. The zero-order valence-corrected chi connectivity index (χ0v) is 21.6. The number of nitrogens with zero attached hydrogens (tertiary/aromatic N) is 1. The number of esters is 1. The highest BCUT2D eigenvalue weighted by Crippen LogP contribution is 2.28. The van der Waals surface area contributed by atoms with Gasteiger partial charge in [0.25, 0.3) is 0 Å². The molecule has 1 heterocycles. The van der Waals surface area contributed by atoms with Gasteiger partial charge in [-0.3, -0.25) is 4.79 Å². The van der Waals surface area contributed by atoms with Gasteiger partial charge in [-0.2, -0.15) is 0 Å². The van der Waals surface area contributed by atoms with Gasteiger partial charge in [0.05, 0.1) is 27.6 Å². The molecule has 0 aromatic rings. The molecule has 0 saturated carbocycles. The first-order valence-corrected chi connectivity index (χ1v) is 12.5. The Balaban J connectivity index is 2.01. The second kappa shape index (κ2) is 18.2. The van der Waals surface area contributed by atoms with Gasteiger partial charge < -0.3 is 19.1 Å². The number of likely N-dealkylation sites (N-methyl/N-ethyl adjacent to an activating group) is 1. The quantitative estimate of drug-likeness (QED) is 0.119. The summed E-state index contributed by atoms with van der Waals surface area (Å²) in [5.74, 6) is -0.298. The van der Waals surface area contributed by atoms with Crippen LogP contribution in [0.1, 0.15) is 58.3 Å². The molecule has 1 rings (SSSR count). The van der Waals surface area contributed by atoms with E-state index in [1.165, 1.54) is 0 Å². The molecule has 3 unspecified atom stereocenters. The summed E-state index contributed by atoms with van der Waals surface area (Å²) in [6.07, 6.45) is 30.9. The van der Waals surface area contributed by atoms with E-state index in [-0.39, 0.29) is 18.5 Å². The van der Waals surface area contributed by atoms with E-state index in [4.69, 9.17) is 9.47 Å². The van der Waals surface area contributed by atoms with Crippen LogP contribution < -0.4 is 0 Å². The third kappa shape index (κ3) is 18.2. The fraction of sp³-hybridized carbons (Fsp3) is 0.552. The van der Waals surface area contributed by atoms with Crippen molar-refractivity contribution < 1.29 is 23.9 Å². The molecule has 0 aliphatic carbocycles. The second-order valence-corrected chi connectivity index (χ2v) is 9.51. The summed E-state index contributed by atoms with van der Waals surface area (Å²) in [5, 5.41) is 10.1. The molecule has 1 aliphatic rings. The predicted octanol–water partition coefficient (Wildman–Crippen LogP) is 5.80. The van der Waals surface area contributed by atoms with Crippen molar-refractivity contribution in [1.29, 1.82) is 0 Å². The smallest absolute Gasteiger partial charge is 0.312 e. The number of aliphatic hydroxyl groups is 1. The van der Waals surface area contributed by atoms with Gasteiger partial charge in [-0.1, -0.05) is 79.8 Å². The van der Waals surface area contributed by atoms with E-state index in [9.17, 15) is 9.90 Å². The SMILES string of the molecule is CC/C=C\C/C=C\C/C=C\C/C=C\C/C=C\C/C=C\CC(=O)OC1OC1CC(O)C[N+](C)(C)C. The number of epoxide rings is 1. The van der Waals surface area contributed by atoms with Crippen LogP contribution in [0.3, 0.4) is 0 Å². The van der Waals surface area contributed by atoms with Crippen molar-refractivity contribution in [3.05, 3.63) is 72.9 Å². The Kier molecular flexibility index (Phi) is 15.9. The lowest BCUT2D eigenvalue weighted by atomic mass is 10.2. The Labute approximate surface area is 207 Å². The lowest BCUT2D eigenvalue weighted by Crippen LogP contribution is -2.41. The van der Waals surface area contributed by atoms with Gasteiger partial charge in [0.2, 0.25) is 6.29 Å². The highest BCUT2D eigenvalue weighted by Gasteiger charge is 2.44. The summed E-state index contributed by atoms with van der Waals surface area (Å²) < 4.78 is 11.3. The summed E-state index contributed by atoms with van der Waals surface area (Å²) in [4.78, 5) is 11.9. The van der Waals surface area contributed by atoms with Gasteiger partial charge in [0, 0.05) is 6.42 Å². The topological polar surface area (TPSA) is 59.1 Å². The average Bonchev–Trinajstić information content (AvgIpc) is 3.47. The van der Waals surface area contributed by atoms with Crippen molar-refractivity contribution in [2.24, 2.45) is 0 Å². The van der Waals surface area contributed by atoms with Gasteiger partial charge in [0.1, 0.15) is 18.8 Å². The maximum atomic E-state index is 11.9. The van der Waals surface area contributed by atoms with Crippen LogP contribution in [0.2, 0.25) is 0 Å². The van der Waals surface area contributed by atoms with Crippen LogP contribution in [-0.4, -0.2) is 61.7 Å². The van der Waals surface area contributed by atoms with Gasteiger partial charge >= 0.3 is 5.97 Å². The lowest BCUT2D eigenvalue weighted by molar-refractivity contribution is -0.873. The maximum Gasteiger partial charge on any atom is 0.312 e. The average molecular weight is 473 g/mol. The molecule has 5 nitrogen and oxygen atoms in total. The Morgan fingerprint density at radius 1 is 0.824 bits per heavy atom. The molecule has 1 aliphatic heterocycles. The number of rotatable bonds is 18. The van der Waals surface area contributed by atoms with Crippen LogP contribution in [-0.2, 0) is 14.3 Å². The molecule has 190 valence electrons. The first kappa shape index (κ1) is 29.8. The predicted molar refractivity (Wildman–Crippen MR) is 141 cm³/mol. The van der Waals surface area contributed by atoms with E-state index < -0.39 is 12.4 Å². The molecule has 0 bridgehead atoms. The molecule has 0 spiro atoms. The molecule has 34 heavy (non-hydrogen) atoms. The van der Waals surface area contributed by atoms with Gasteiger partial charge in [-0.15, -0.1) is 0 Å². The van der Waals surface area contributed by atoms with Crippen molar-refractivity contribution in [1.82, 2.24) is 0 Å². The number of quaternary nitrogens is 1. The van der Waals surface area contributed by atoms with Crippen molar-refractivity contribution in [2.75, 3.05) is 27.7 Å². The van der Waals surface area contributed by atoms with Crippen LogP contribution in [0.4, 0.5) is 0 Å². The first-order valence-electron chi connectivity index (χ1n) is 12.5. The summed E-state index contributed by atoms with van der Waals surface area (Å²) in [5.41, 5.74) is 0. The Morgan fingerprint density at radius 3 is 1.71 bits per heavy atom. The molecule has 0 radical (unpaired) electrons. The summed E-state index contributed by atoms with van der Waals surface area (Å²) in [7, 11) is 6.08. The van der Waals surface area contributed by atoms with Crippen molar-refractivity contribution in [2.45, 2.75) is 76.8 Å². The van der Waals surface area contributed by atoms with E-state index in [0.29, 0.717) is 17.4 Å². The minimum absolute atomic E-state index is 0.184. The highest BCUT2D eigenvalue weighted by molar-refractivity contribution is 5.71. The monoisotopic (exact) mass is 472 g/mol. The maximum absolute atomic E-state index is 11.9. The number of allylic oxidation sites excluding steroid dienone is 11. The number of hydrogen-bond donors (Lipinski definition) is 1. The fourth-order valence-corrected chi connectivity index (χ4v) is 3.25. The zero-order chi connectivity index (χ0) is 25.1. The van der Waals surface area contributed by atoms with Crippen molar-refractivity contribution >= 4 is 5.97 Å². The molecule has 0 aromatic heterocycles. The number of carbonyl (C=O) groups excluding carboxylic acids is 1. The van der Waals surface area contributed by atoms with Crippen LogP contribution in [0.25, 0.3) is 0 Å². The summed E-state index contributed by atoms with van der Waals surface area (Å²) in [6.45, 7) is 2.79. The van der Waals surface area contributed by atoms with E-state index in [1.807, 2.05) is 33.3 Å². The van der Waals surface area contributed by atoms with Crippen molar-refractivity contribution in [3.63, 3.8) is 0 Å². The largest absolute Gasteiger partial charge is 0.433 e. The Hall–Kier alpha value is -2.21. The fourth-order valence-electron chi connectivity index (χ4n) is 3.25. The summed E-state index contributed by atoms with van der Waals surface area (Å²) >= 11 is 0. The Bertz CT molecular complexity index is 725. The first-order chi connectivity index (χ1) is 16.3. The highest BCUT2D eigenvalue weighted by atomic mass is 16.8. The van der Waals surface area contributed by atoms with Crippen LogP contribution in [0, 0.1) is 0 Å². The minimum atomic E-state index is -0.506. The van der Waals surface area contributed by atoms with E-state index in [2.05, 4.69) is 67.7 Å². The Morgan fingerprint density at radius 2 is 1.26 bits per heavy atom. The van der Waals surface area contributed by atoms with E-state index >= 15 is 0 Å². The third-order valence-electron chi connectivity index (χ3n) is 4.93. The van der Waals surface area contributed by atoms with Gasteiger partial charge in [-0.05, 0) is 38.5 Å². The molecule has 0 amide bonds. The molecule has 1 saturated heterocycles. The van der Waals surface area contributed by atoms with Gasteiger partial charge in [-0.25, -0.2) is 0 Å². The minimum Gasteiger partial charge on any atom is -0.433 e. The summed E-state index contributed by atoms with van der Waals surface area (Å²) in [6, 6.07) is 0.